The second kappa shape index (κ2) is 5.53. The zero-order valence-corrected chi connectivity index (χ0v) is 10.7. The first-order chi connectivity index (χ1) is 8.69. The molecule has 5 heteroatoms. The fourth-order valence-electron chi connectivity index (χ4n) is 1.72. The van der Waals surface area contributed by atoms with Crippen molar-refractivity contribution in [3.8, 4) is 5.75 Å². The van der Waals surface area contributed by atoms with E-state index in [0.29, 0.717) is 6.54 Å². The highest BCUT2D eigenvalue weighted by atomic mass is 16.3. The van der Waals surface area contributed by atoms with Crippen LogP contribution >= 0.6 is 0 Å². The predicted octanol–water partition coefficient (Wildman–Crippen LogP) is 2.09. The minimum Gasteiger partial charge on any atom is -0.508 e. The Bertz CT molecular complexity index is 504. The molecule has 0 aliphatic rings. The maximum atomic E-state index is 9.19. The summed E-state index contributed by atoms with van der Waals surface area (Å²) >= 11 is 0. The molecule has 0 unspecified atom stereocenters. The number of benzene rings is 1. The average molecular weight is 246 g/mol. The molecule has 1 aromatic heterocycles. The van der Waals surface area contributed by atoms with Crippen LogP contribution in [0.25, 0.3) is 0 Å². The van der Waals surface area contributed by atoms with Gasteiger partial charge in [-0.25, -0.2) is 4.98 Å². The van der Waals surface area contributed by atoms with E-state index in [0.717, 1.165) is 30.2 Å². The fraction of sp³-hybridized carbons (Fsp3) is 0.385. The molecule has 0 spiro atoms. The molecule has 0 amide bonds. The van der Waals surface area contributed by atoms with Gasteiger partial charge in [-0.3, -0.25) is 4.68 Å². The SMILES string of the molecule is CCCc1nc(CNc2ccc(O)cc2)n(C)n1. The molecule has 1 aromatic carbocycles. The number of hydrogen-bond acceptors (Lipinski definition) is 4. The van der Waals surface area contributed by atoms with Crippen molar-refractivity contribution in [2.45, 2.75) is 26.3 Å². The van der Waals surface area contributed by atoms with Crippen LogP contribution in [0.5, 0.6) is 5.75 Å². The Hall–Kier alpha value is -2.04. The average Bonchev–Trinajstić information content (AvgIpc) is 2.70. The number of hydrogen-bond donors (Lipinski definition) is 2. The number of aryl methyl sites for hydroxylation is 2. The summed E-state index contributed by atoms with van der Waals surface area (Å²) in [7, 11) is 1.90. The van der Waals surface area contributed by atoms with Gasteiger partial charge in [-0.05, 0) is 30.7 Å². The highest BCUT2D eigenvalue weighted by Gasteiger charge is 2.05. The molecule has 0 aliphatic heterocycles. The number of aromatic hydroxyl groups is 1. The van der Waals surface area contributed by atoms with Gasteiger partial charge in [0.25, 0.3) is 0 Å². The topological polar surface area (TPSA) is 63.0 Å². The molecule has 0 saturated carbocycles. The highest BCUT2D eigenvalue weighted by Crippen LogP contribution is 2.14. The monoisotopic (exact) mass is 246 g/mol. The Balaban J connectivity index is 1.99. The number of anilines is 1. The molecule has 96 valence electrons. The minimum absolute atomic E-state index is 0.268. The summed E-state index contributed by atoms with van der Waals surface area (Å²) in [4.78, 5) is 4.47. The number of phenolic OH excluding ortho intramolecular Hbond substituents is 1. The molecule has 0 atom stereocenters. The lowest BCUT2D eigenvalue weighted by Crippen LogP contribution is -2.06. The lowest BCUT2D eigenvalue weighted by Gasteiger charge is -2.05. The van der Waals surface area contributed by atoms with Gasteiger partial charge in [0.1, 0.15) is 11.6 Å². The normalized spacial score (nSPS) is 10.6. The second-order valence-corrected chi connectivity index (χ2v) is 4.22. The lowest BCUT2D eigenvalue weighted by atomic mass is 10.3. The van der Waals surface area contributed by atoms with Gasteiger partial charge in [0.05, 0.1) is 6.54 Å². The third-order valence-corrected chi connectivity index (χ3v) is 2.69. The van der Waals surface area contributed by atoms with Gasteiger partial charge < -0.3 is 10.4 Å². The summed E-state index contributed by atoms with van der Waals surface area (Å²) < 4.78 is 1.80. The molecule has 1 heterocycles. The van der Waals surface area contributed by atoms with E-state index in [2.05, 4.69) is 22.3 Å². The largest absolute Gasteiger partial charge is 0.508 e. The van der Waals surface area contributed by atoms with Crippen LogP contribution in [0.15, 0.2) is 24.3 Å². The minimum atomic E-state index is 0.268. The van der Waals surface area contributed by atoms with E-state index in [1.165, 1.54) is 0 Å². The summed E-state index contributed by atoms with van der Waals surface area (Å²) in [5.74, 6) is 2.07. The molecule has 2 rings (SSSR count). The van der Waals surface area contributed by atoms with Crippen molar-refractivity contribution in [2.24, 2.45) is 7.05 Å². The molecule has 18 heavy (non-hydrogen) atoms. The van der Waals surface area contributed by atoms with E-state index in [1.807, 2.05) is 19.2 Å². The Kier molecular flexibility index (Phi) is 3.82. The van der Waals surface area contributed by atoms with Gasteiger partial charge in [0.15, 0.2) is 5.82 Å². The van der Waals surface area contributed by atoms with Crippen LogP contribution in [0.3, 0.4) is 0 Å². The number of aromatic nitrogens is 3. The van der Waals surface area contributed by atoms with Crippen LogP contribution < -0.4 is 5.32 Å². The number of nitrogens with one attached hydrogen (secondary N) is 1. The summed E-state index contributed by atoms with van der Waals surface area (Å²) in [5.41, 5.74) is 0.952. The summed E-state index contributed by atoms with van der Waals surface area (Å²) in [6, 6.07) is 6.97. The summed E-state index contributed by atoms with van der Waals surface area (Å²) in [6.07, 6.45) is 1.96. The third kappa shape index (κ3) is 3.00. The molecule has 0 fully saturated rings. The summed E-state index contributed by atoms with van der Waals surface area (Å²) in [6.45, 7) is 2.74. The second-order valence-electron chi connectivity index (χ2n) is 4.22. The predicted molar refractivity (Wildman–Crippen MR) is 70.4 cm³/mol. The number of phenols is 1. The van der Waals surface area contributed by atoms with Crippen LogP contribution in [-0.4, -0.2) is 19.9 Å². The van der Waals surface area contributed by atoms with Crippen molar-refractivity contribution in [1.29, 1.82) is 0 Å². The van der Waals surface area contributed by atoms with Crippen LogP contribution in [0, 0.1) is 0 Å². The van der Waals surface area contributed by atoms with Crippen molar-refractivity contribution in [1.82, 2.24) is 14.8 Å². The van der Waals surface area contributed by atoms with Gasteiger partial charge in [0.2, 0.25) is 0 Å². The van der Waals surface area contributed by atoms with E-state index < -0.39 is 0 Å². The lowest BCUT2D eigenvalue weighted by molar-refractivity contribution is 0.475. The zero-order chi connectivity index (χ0) is 13.0. The maximum Gasteiger partial charge on any atom is 0.151 e. The smallest absolute Gasteiger partial charge is 0.151 e. The van der Waals surface area contributed by atoms with Crippen LogP contribution in [-0.2, 0) is 20.0 Å². The Morgan fingerprint density at radius 2 is 2.00 bits per heavy atom. The van der Waals surface area contributed by atoms with Gasteiger partial charge in [-0.15, -0.1) is 0 Å². The molecule has 0 radical (unpaired) electrons. The van der Waals surface area contributed by atoms with Crippen molar-refractivity contribution < 1.29 is 5.11 Å². The number of rotatable bonds is 5. The van der Waals surface area contributed by atoms with Crippen LogP contribution in [0.4, 0.5) is 5.69 Å². The molecular weight excluding hydrogens is 228 g/mol. The van der Waals surface area contributed by atoms with E-state index in [9.17, 15) is 5.11 Å². The van der Waals surface area contributed by atoms with Crippen molar-refractivity contribution in [3.05, 3.63) is 35.9 Å². The highest BCUT2D eigenvalue weighted by molar-refractivity contribution is 5.45. The van der Waals surface area contributed by atoms with E-state index in [-0.39, 0.29) is 5.75 Å². The molecule has 0 aliphatic carbocycles. The maximum absolute atomic E-state index is 9.19. The Morgan fingerprint density at radius 3 is 2.67 bits per heavy atom. The van der Waals surface area contributed by atoms with E-state index >= 15 is 0 Å². The van der Waals surface area contributed by atoms with Crippen molar-refractivity contribution in [3.63, 3.8) is 0 Å². The molecule has 0 bridgehead atoms. The van der Waals surface area contributed by atoms with Gasteiger partial charge >= 0.3 is 0 Å². The molecule has 2 N–H and O–H groups in total. The van der Waals surface area contributed by atoms with Gasteiger partial charge in [-0.1, -0.05) is 6.92 Å². The number of nitrogens with zero attached hydrogens (tertiary/aromatic N) is 3. The van der Waals surface area contributed by atoms with Crippen molar-refractivity contribution in [2.75, 3.05) is 5.32 Å². The van der Waals surface area contributed by atoms with Gasteiger partial charge in [0, 0.05) is 19.2 Å². The Morgan fingerprint density at radius 1 is 1.28 bits per heavy atom. The van der Waals surface area contributed by atoms with E-state index in [1.54, 1.807) is 16.8 Å². The first-order valence-electron chi connectivity index (χ1n) is 6.10. The molecule has 2 aromatic rings. The van der Waals surface area contributed by atoms with Crippen LogP contribution in [0.2, 0.25) is 0 Å². The van der Waals surface area contributed by atoms with Gasteiger partial charge in [-0.2, -0.15) is 5.10 Å². The van der Waals surface area contributed by atoms with E-state index in [4.69, 9.17) is 0 Å². The standard InChI is InChI=1S/C13H18N4O/c1-3-4-12-15-13(17(2)16-12)9-14-10-5-7-11(18)8-6-10/h5-8,14,18H,3-4,9H2,1-2H3. The third-order valence-electron chi connectivity index (χ3n) is 2.69. The van der Waals surface area contributed by atoms with Crippen molar-refractivity contribution >= 4 is 5.69 Å². The first-order valence-corrected chi connectivity index (χ1v) is 6.10. The van der Waals surface area contributed by atoms with Crippen LogP contribution in [0.1, 0.15) is 25.0 Å². The molecule has 0 saturated heterocycles. The molecular formula is C13H18N4O. The quantitative estimate of drug-likeness (QED) is 0.793. The first kappa shape index (κ1) is 12.4. The Labute approximate surface area is 106 Å². The molecule has 5 nitrogen and oxygen atoms in total. The summed E-state index contributed by atoms with van der Waals surface area (Å²) in [5, 5.41) is 16.8. The fourth-order valence-corrected chi connectivity index (χ4v) is 1.72. The zero-order valence-electron chi connectivity index (χ0n) is 10.7.